The Labute approximate surface area is 202 Å². The molecule has 1 aliphatic heterocycles. The van der Waals surface area contributed by atoms with Crippen molar-refractivity contribution in [2.75, 3.05) is 42.1 Å². The highest BCUT2D eigenvalue weighted by Crippen LogP contribution is 2.22. The Kier molecular flexibility index (Phi) is 8.61. The summed E-state index contributed by atoms with van der Waals surface area (Å²) in [4.78, 5) is 4.89. The zero-order chi connectivity index (χ0) is 22.4. The first-order valence-corrected chi connectivity index (χ1v) is 12.6. The molecule has 0 aromatic heterocycles. The molecule has 1 unspecified atom stereocenters. The molecule has 0 spiro atoms. The summed E-state index contributed by atoms with van der Waals surface area (Å²) >= 11 is 0. The third-order valence-electron chi connectivity index (χ3n) is 5.55. The van der Waals surface area contributed by atoms with Crippen molar-refractivity contribution in [1.29, 1.82) is 0 Å². The van der Waals surface area contributed by atoms with Gasteiger partial charge in [-0.2, -0.15) is 0 Å². The highest BCUT2D eigenvalue weighted by Gasteiger charge is 2.28. The minimum absolute atomic E-state index is 0. The summed E-state index contributed by atoms with van der Waals surface area (Å²) in [5.74, 6) is 0.723. The van der Waals surface area contributed by atoms with Crippen molar-refractivity contribution in [3.8, 4) is 5.75 Å². The van der Waals surface area contributed by atoms with Crippen LogP contribution in [0.2, 0.25) is 0 Å². The summed E-state index contributed by atoms with van der Waals surface area (Å²) in [6.45, 7) is 4.24. The molecule has 1 saturated heterocycles. The van der Waals surface area contributed by atoms with Crippen LogP contribution in [0.3, 0.4) is 0 Å². The smallest absolute Gasteiger partial charge is 0.229 e. The Bertz CT molecular complexity index is 1100. The van der Waals surface area contributed by atoms with Crippen molar-refractivity contribution >= 4 is 33.8 Å². The highest BCUT2D eigenvalue weighted by molar-refractivity contribution is 7.92. The van der Waals surface area contributed by atoms with Crippen LogP contribution in [-0.4, -0.2) is 51.9 Å². The van der Waals surface area contributed by atoms with Gasteiger partial charge in [-0.3, -0.25) is 9.62 Å². The monoisotopic (exact) mass is 487 g/mol. The third-order valence-corrected chi connectivity index (χ3v) is 6.16. The van der Waals surface area contributed by atoms with Gasteiger partial charge >= 0.3 is 0 Å². The number of hydrogen-bond acceptors (Lipinski definition) is 5. The van der Waals surface area contributed by atoms with Crippen LogP contribution in [0.25, 0.3) is 0 Å². The van der Waals surface area contributed by atoms with Gasteiger partial charge in [-0.1, -0.05) is 48.5 Å². The lowest BCUT2D eigenvalue weighted by Gasteiger charge is -2.42. The van der Waals surface area contributed by atoms with E-state index in [0.717, 1.165) is 38.2 Å². The maximum Gasteiger partial charge on any atom is 0.229 e. The maximum absolute atomic E-state index is 11.4. The molecule has 33 heavy (non-hydrogen) atoms. The minimum atomic E-state index is -3.29. The second-order valence-corrected chi connectivity index (χ2v) is 9.85. The second kappa shape index (κ2) is 11.4. The average molecular weight is 488 g/mol. The van der Waals surface area contributed by atoms with E-state index >= 15 is 0 Å². The standard InChI is InChI=1S/C25H29N3O3S.ClH/c1-32(29,30)26-22-12-14-25(15-13-22)31-20-24-19-28(23-10-6-3-7-11-23)17-16-27(24)18-21-8-4-2-5-9-21;/h2-15,24,26H,16-20H2,1H3;1H. The lowest BCUT2D eigenvalue weighted by atomic mass is 10.1. The van der Waals surface area contributed by atoms with E-state index in [9.17, 15) is 8.42 Å². The van der Waals surface area contributed by atoms with Gasteiger partial charge in [0.25, 0.3) is 0 Å². The molecule has 1 aliphatic rings. The number of nitrogens with zero attached hydrogens (tertiary/aromatic N) is 2. The van der Waals surface area contributed by atoms with E-state index in [0.29, 0.717) is 12.3 Å². The highest BCUT2D eigenvalue weighted by atomic mass is 35.5. The van der Waals surface area contributed by atoms with E-state index in [1.54, 1.807) is 24.3 Å². The van der Waals surface area contributed by atoms with Crippen molar-refractivity contribution in [3.63, 3.8) is 0 Å². The molecule has 0 amide bonds. The summed E-state index contributed by atoms with van der Waals surface area (Å²) in [6.07, 6.45) is 1.14. The predicted octanol–water partition coefficient (Wildman–Crippen LogP) is 4.25. The Morgan fingerprint density at radius 3 is 2.18 bits per heavy atom. The predicted molar refractivity (Wildman–Crippen MR) is 137 cm³/mol. The number of piperazine rings is 1. The van der Waals surface area contributed by atoms with Gasteiger partial charge in [0, 0.05) is 37.6 Å². The number of hydrogen-bond donors (Lipinski definition) is 1. The fourth-order valence-electron chi connectivity index (χ4n) is 3.98. The van der Waals surface area contributed by atoms with Crippen LogP contribution in [0.4, 0.5) is 11.4 Å². The van der Waals surface area contributed by atoms with Crippen LogP contribution in [0.1, 0.15) is 5.56 Å². The molecule has 0 aliphatic carbocycles. The van der Waals surface area contributed by atoms with E-state index in [4.69, 9.17) is 4.74 Å². The van der Waals surface area contributed by atoms with Crippen molar-refractivity contribution in [2.24, 2.45) is 0 Å². The van der Waals surface area contributed by atoms with Crippen LogP contribution >= 0.6 is 12.4 Å². The molecule has 8 heteroatoms. The number of anilines is 2. The summed E-state index contributed by atoms with van der Waals surface area (Å²) in [6, 6.07) is 28.3. The van der Waals surface area contributed by atoms with Gasteiger partial charge in [0.05, 0.1) is 12.3 Å². The first-order chi connectivity index (χ1) is 15.5. The number of sulfonamides is 1. The summed E-state index contributed by atoms with van der Waals surface area (Å²) in [5, 5.41) is 0. The second-order valence-electron chi connectivity index (χ2n) is 8.10. The lowest BCUT2D eigenvalue weighted by molar-refractivity contribution is 0.115. The zero-order valence-electron chi connectivity index (χ0n) is 18.6. The Morgan fingerprint density at radius 2 is 1.55 bits per heavy atom. The van der Waals surface area contributed by atoms with Crippen molar-refractivity contribution in [3.05, 3.63) is 90.5 Å². The summed E-state index contributed by atoms with van der Waals surface area (Å²) in [5.41, 5.74) is 3.05. The number of nitrogens with one attached hydrogen (secondary N) is 1. The van der Waals surface area contributed by atoms with Crippen molar-refractivity contribution in [1.82, 2.24) is 4.90 Å². The maximum atomic E-state index is 11.4. The number of ether oxygens (including phenoxy) is 1. The third kappa shape index (κ3) is 7.39. The van der Waals surface area contributed by atoms with Gasteiger partial charge < -0.3 is 9.64 Å². The Hall–Kier alpha value is -2.74. The number of benzene rings is 3. The lowest BCUT2D eigenvalue weighted by Crippen LogP contribution is -2.55. The topological polar surface area (TPSA) is 61.9 Å². The number of rotatable bonds is 8. The first-order valence-electron chi connectivity index (χ1n) is 10.7. The minimum Gasteiger partial charge on any atom is -0.492 e. The van der Waals surface area contributed by atoms with Gasteiger partial charge in [0.15, 0.2) is 0 Å². The molecule has 176 valence electrons. The molecule has 0 bridgehead atoms. The SMILES string of the molecule is CS(=O)(=O)Nc1ccc(OCC2CN(c3ccccc3)CCN2Cc2ccccc2)cc1.Cl. The van der Waals surface area contributed by atoms with Crippen molar-refractivity contribution in [2.45, 2.75) is 12.6 Å². The normalized spacial score (nSPS) is 16.6. The number of para-hydroxylation sites is 1. The van der Waals surface area contributed by atoms with E-state index < -0.39 is 10.0 Å². The average Bonchev–Trinajstić information content (AvgIpc) is 2.80. The van der Waals surface area contributed by atoms with Crippen molar-refractivity contribution < 1.29 is 13.2 Å². The summed E-state index contributed by atoms with van der Waals surface area (Å²) < 4.78 is 31.4. The van der Waals surface area contributed by atoms with E-state index in [-0.39, 0.29) is 18.4 Å². The van der Waals surface area contributed by atoms with E-state index in [2.05, 4.69) is 63.1 Å². The molecule has 0 saturated carbocycles. The molecule has 0 radical (unpaired) electrons. The van der Waals surface area contributed by atoms with Crippen LogP contribution < -0.4 is 14.4 Å². The molecule has 3 aromatic rings. The molecule has 6 nitrogen and oxygen atoms in total. The van der Waals surface area contributed by atoms with Gasteiger partial charge in [0.2, 0.25) is 10.0 Å². The van der Waals surface area contributed by atoms with Gasteiger partial charge in [0.1, 0.15) is 12.4 Å². The largest absolute Gasteiger partial charge is 0.492 e. The van der Waals surface area contributed by atoms with Gasteiger partial charge in [-0.15, -0.1) is 12.4 Å². The molecular weight excluding hydrogens is 458 g/mol. The number of halogens is 1. The van der Waals surface area contributed by atoms with Crippen LogP contribution in [0.15, 0.2) is 84.9 Å². The summed E-state index contributed by atoms with van der Waals surface area (Å²) in [7, 11) is -3.29. The molecule has 1 heterocycles. The zero-order valence-corrected chi connectivity index (χ0v) is 20.3. The molecule has 1 atom stereocenters. The van der Waals surface area contributed by atoms with Gasteiger partial charge in [-0.05, 0) is 42.0 Å². The van der Waals surface area contributed by atoms with E-state index in [1.807, 2.05) is 12.1 Å². The van der Waals surface area contributed by atoms with E-state index in [1.165, 1.54) is 11.3 Å². The quantitative estimate of drug-likeness (QED) is 0.514. The van der Waals surface area contributed by atoms with Crippen LogP contribution in [0, 0.1) is 0 Å². The first kappa shape index (κ1) is 24.9. The molecule has 4 rings (SSSR count). The molecule has 1 fully saturated rings. The fourth-order valence-corrected chi connectivity index (χ4v) is 4.54. The Balaban J connectivity index is 0.00000306. The molecular formula is C25H30ClN3O3S. The fraction of sp³-hybridized carbons (Fsp3) is 0.280. The molecule has 1 N–H and O–H groups in total. The van der Waals surface area contributed by atoms with Gasteiger partial charge in [-0.25, -0.2) is 8.42 Å². The Morgan fingerprint density at radius 1 is 0.909 bits per heavy atom. The molecule has 3 aromatic carbocycles. The van der Waals surface area contributed by atoms with Crippen LogP contribution in [0.5, 0.6) is 5.75 Å². The van der Waals surface area contributed by atoms with Crippen LogP contribution in [-0.2, 0) is 16.6 Å².